The topological polar surface area (TPSA) is 80.8 Å². The first-order chi connectivity index (χ1) is 9.08. The van der Waals surface area contributed by atoms with E-state index in [-0.39, 0.29) is 5.95 Å². The van der Waals surface area contributed by atoms with E-state index < -0.39 is 0 Å². The second-order valence-corrected chi connectivity index (χ2v) is 4.49. The summed E-state index contributed by atoms with van der Waals surface area (Å²) >= 11 is 0. The van der Waals surface area contributed by atoms with Gasteiger partial charge in [-0.15, -0.1) is 0 Å². The van der Waals surface area contributed by atoms with E-state index in [1.165, 1.54) is 5.56 Å². The monoisotopic (exact) mass is 258 g/mol. The van der Waals surface area contributed by atoms with Crippen LogP contribution >= 0.6 is 0 Å². The number of aromatic nitrogens is 4. The number of pyridine rings is 1. The molecule has 0 fully saturated rings. The molecule has 0 saturated carbocycles. The zero-order valence-corrected chi connectivity index (χ0v) is 11.5. The molecule has 0 aliphatic rings. The minimum atomic E-state index is 0.235. The SMILES string of the molecule is CCc1ccc(Cc2nc(N)nc(N(C)C)n2)nc1. The van der Waals surface area contributed by atoms with Crippen LogP contribution in [0.1, 0.15) is 24.0 Å². The van der Waals surface area contributed by atoms with E-state index in [1.54, 1.807) is 4.90 Å². The summed E-state index contributed by atoms with van der Waals surface area (Å²) in [6.07, 6.45) is 3.42. The van der Waals surface area contributed by atoms with Crippen molar-refractivity contribution in [3.63, 3.8) is 0 Å². The third-order valence-electron chi connectivity index (χ3n) is 2.72. The summed E-state index contributed by atoms with van der Waals surface area (Å²) in [5.74, 6) is 1.43. The third kappa shape index (κ3) is 3.37. The molecule has 0 spiro atoms. The molecule has 0 aromatic carbocycles. The predicted molar refractivity (Wildman–Crippen MR) is 75.0 cm³/mol. The summed E-state index contributed by atoms with van der Waals surface area (Å²) in [4.78, 5) is 18.8. The van der Waals surface area contributed by atoms with Crippen molar-refractivity contribution in [3.8, 4) is 0 Å². The van der Waals surface area contributed by atoms with Crippen LogP contribution in [-0.4, -0.2) is 34.0 Å². The maximum atomic E-state index is 5.69. The molecule has 0 radical (unpaired) electrons. The molecule has 100 valence electrons. The van der Waals surface area contributed by atoms with E-state index in [9.17, 15) is 0 Å². The molecule has 0 amide bonds. The quantitative estimate of drug-likeness (QED) is 0.883. The number of rotatable bonds is 4. The van der Waals surface area contributed by atoms with Gasteiger partial charge >= 0.3 is 0 Å². The Morgan fingerprint density at radius 1 is 1.16 bits per heavy atom. The van der Waals surface area contributed by atoms with E-state index >= 15 is 0 Å². The number of nitrogen functional groups attached to an aromatic ring is 1. The van der Waals surface area contributed by atoms with Gasteiger partial charge in [0.05, 0.1) is 6.42 Å². The standard InChI is InChI=1S/C13H18N6/c1-4-9-5-6-10(15-8-9)7-11-16-12(14)18-13(17-11)19(2)3/h5-6,8H,4,7H2,1-3H3,(H2,14,16,17,18). The van der Waals surface area contributed by atoms with E-state index in [2.05, 4.69) is 32.9 Å². The second-order valence-electron chi connectivity index (χ2n) is 4.49. The lowest BCUT2D eigenvalue weighted by atomic mass is 10.2. The first kappa shape index (κ1) is 13.2. The minimum absolute atomic E-state index is 0.235. The van der Waals surface area contributed by atoms with Crippen LogP contribution in [0.5, 0.6) is 0 Å². The maximum Gasteiger partial charge on any atom is 0.229 e. The summed E-state index contributed by atoms with van der Waals surface area (Å²) in [5, 5.41) is 0. The Balaban J connectivity index is 2.22. The molecule has 0 saturated heterocycles. The molecule has 0 aliphatic carbocycles. The minimum Gasteiger partial charge on any atom is -0.368 e. The molecule has 19 heavy (non-hydrogen) atoms. The molecule has 6 nitrogen and oxygen atoms in total. The van der Waals surface area contributed by atoms with Gasteiger partial charge in [-0.1, -0.05) is 13.0 Å². The summed E-state index contributed by atoms with van der Waals surface area (Å²) < 4.78 is 0. The number of nitrogens with zero attached hydrogens (tertiary/aromatic N) is 5. The van der Waals surface area contributed by atoms with E-state index in [1.807, 2.05) is 26.4 Å². The van der Waals surface area contributed by atoms with Crippen LogP contribution in [0, 0.1) is 0 Å². The molecule has 0 aliphatic heterocycles. The summed E-state index contributed by atoms with van der Waals surface area (Å²) in [6.45, 7) is 2.10. The lowest BCUT2D eigenvalue weighted by Crippen LogP contribution is -2.16. The van der Waals surface area contributed by atoms with Crippen molar-refractivity contribution in [2.75, 3.05) is 24.7 Å². The van der Waals surface area contributed by atoms with Gasteiger partial charge in [-0.3, -0.25) is 4.98 Å². The Morgan fingerprint density at radius 2 is 1.95 bits per heavy atom. The summed E-state index contributed by atoms with van der Waals surface area (Å²) in [7, 11) is 3.74. The number of hydrogen-bond donors (Lipinski definition) is 1. The van der Waals surface area contributed by atoms with Crippen molar-refractivity contribution in [1.29, 1.82) is 0 Å². The highest BCUT2D eigenvalue weighted by molar-refractivity contribution is 5.33. The Kier molecular flexibility index (Phi) is 3.89. The molecule has 2 heterocycles. The highest BCUT2D eigenvalue weighted by Crippen LogP contribution is 2.09. The van der Waals surface area contributed by atoms with Crippen LogP contribution in [0.15, 0.2) is 18.3 Å². The fraction of sp³-hybridized carbons (Fsp3) is 0.385. The largest absolute Gasteiger partial charge is 0.368 e. The average molecular weight is 258 g/mol. The van der Waals surface area contributed by atoms with Crippen LogP contribution < -0.4 is 10.6 Å². The molecule has 0 unspecified atom stereocenters. The molecule has 0 atom stereocenters. The van der Waals surface area contributed by atoms with Crippen LogP contribution in [0.25, 0.3) is 0 Å². The second kappa shape index (κ2) is 5.60. The number of aryl methyl sites for hydroxylation is 1. The van der Waals surface area contributed by atoms with Crippen molar-refractivity contribution >= 4 is 11.9 Å². The summed E-state index contributed by atoms with van der Waals surface area (Å²) in [5.41, 5.74) is 7.83. The Bertz CT molecular complexity index is 550. The molecule has 2 aromatic rings. The fourth-order valence-corrected chi connectivity index (χ4v) is 1.63. The van der Waals surface area contributed by atoms with Gasteiger partial charge in [-0.2, -0.15) is 15.0 Å². The third-order valence-corrected chi connectivity index (χ3v) is 2.72. The van der Waals surface area contributed by atoms with Gasteiger partial charge < -0.3 is 10.6 Å². The molecule has 0 bridgehead atoms. The summed E-state index contributed by atoms with van der Waals surface area (Å²) in [6, 6.07) is 4.06. The van der Waals surface area contributed by atoms with Crippen LogP contribution in [-0.2, 0) is 12.8 Å². The zero-order chi connectivity index (χ0) is 13.8. The van der Waals surface area contributed by atoms with Crippen molar-refractivity contribution < 1.29 is 0 Å². The molecule has 6 heteroatoms. The number of anilines is 2. The first-order valence-corrected chi connectivity index (χ1v) is 6.20. The van der Waals surface area contributed by atoms with Crippen molar-refractivity contribution in [3.05, 3.63) is 35.4 Å². The average Bonchev–Trinajstić information content (AvgIpc) is 2.39. The van der Waals surface area contributed by atoms with Crippen LogP contribution in [0.4, 0.5) is 11.9 Å². The predicted octanol–water partition coefficient (Wildman–Crippen LogP) is 1.07. The van der Waals surface area contributed by atoms with Crippen molar-refractivity contribution in [2.24, 2.45) is 0 Å². The Hall–Kier alpha value is -2.24. The number of nitrogens with two attached hydrogens (primary N) is 1. The van der Waals surface area contributed by atoms with Crippen molar-refractivity contribution in [2.45, 2.75) is 19.8 Å². The smallest absolute Gasteiger partial charge is 0.229 e. The van der Waals surface area contributed by atoms with Gasteiger partial charge in [0.2, 0.25) is 11.9 Å². The zero-order valence-electron chi connectivity index (χ0n) is 11.5. The normalized spacial score (nSPS) is 10.5. The van der Waals surface area contributed by atoms with Gasteiger partial charge in [0.15, 0.2) is 0 Å². The van der Waals surface area contributed by atoms with Gasteiger partial charge in [0.25, 0.3) is 0 Å². The van der Waals surface area contributed by atoms with E-state index in [0.29, 0.717) is 18.2 Å². The molecular formula is C13H18N6. The van der Waals surface area contributed by atoms with Gasteiger partial charge in [0, 0.05) is 26.0 Å². The highest BCUT2D eigenvalue weighted by atomic mass is 15.3. The van der Waals surface area contributed by atoms with Gasteiger partial charge in [-0.25, -0.2) is 0 Å². The Labute approximate surface area is 112 Å². The molecular weight excluding hydrogens is 240 g/mol. The lowest BCUT2D eigenvalue weighted by Gasteiger charge is -2.11. The molecule has 2 rings (SSSR count). The van der Waals surface area contributed by atoms with Crippen molar-refractivity contribution in [1.82, 2.24) is 19.9 Å². The van der Waals surface area contributed by atoms with Gasteiger partial charge in [0.1, 0.15) is 5.82 Å². The first-order valence-electron chi connectivity index (χ1n) is 6.20. The van der Waals surface area contributed by atoms with Gasteiger partial charge in [-0.05, 0) is 18.1 Å². The Morgan fingerprint density at radius 3 is 2.53 bits per heavy atom. The van der Waals surface area contributed by atoms with Crippen LogP contribution in [0.3, 0.4) is 0 Å². The molecule has 2 N–H and O–H groups in total. The fourth-order valence-electron chi connectivity index (χ4n) is 1.63. The maximum absolute atomic E-state index is 5.69. The molecule has 2 aromatic heterocycles. The van der Waals surface area contributed by atoms with E-state index in [0.717, 1.165) is 12.1 Å². The van der Waals surface area contributed by atoms with E-state index in [4.69, 9.17) is 5.73 Å². The number of hydrogen-bond acceptors (Lipinski definition) is 6. The van der Waals surface area contributed by atoms with Crippen LogP contribution in [0.2, 0.25) is 0 Å². The highest BCUT2D eigenvalue weighted by Gasteiger charge is 2.07. The lowest BCUT2D eigenvalue weighted by molar-refractivity contribution is 0.876.